The van der Waals surface area contributed by atoms with Crippen LogP contribution in [-0.4, -0.2) is 103 Å². The molecule has 0 saturated carbocycles. The van der Waals surface area contributed by atoms with E-state index in [-0.39, 0.29) is 50.2 Å². The highest BCUT2D eigenvalue weighted by molar-refractivity contribution is 6.31. The Morgan fingerprint density at radius 2 is 1.73 bits per heavy atom. The molecule has 3 aliphatic rings. The highest BCUT2D eigenvalue weighted by Crippen LogP contribution is 2.35. The van der Waals surface area contributed by atoms with Gasteiger partial charge in [0.05, 0.1) is 20.2 Å². The number of nitrogens with zero attached hydrogens (tertiary/aromatic N) is 2. The van der Waals surface area contributed by atoms with Crippen molar-refractivity contribution in [3.8, 4) is 22.6 Å². The minimum Gasteiger partial charge on any atom is -0.493 e. The number of benzene rings is 3. The van der Waals surface area contributed by atoms with Crippen molar-refractivity contribution in [3.05, 3.63) is 83.0 Å². The fraction of sp³-hybridized carbons (Fsp3) is 0.342. The maximum absolute atomic E-state index is 14.4. The number of carbonyl (C=O) groups is 5. The average Bonchev–Trinajstić information content (AvgIpc) is 3.79. The Hall–Kier alpha value is -5.56. The van der Waals surface area contributed by atoms with Gasteiger partial charge >= 0.3 is 0 Å². The Kier molecular flexibility index (Phi) is 11.3. The van der Waals surface area contributed by atoms with Gasteiger partial charge in [-0.25, -0.2) is 0 Å². The molecule has 1 saturated heterocycles. The quantitative estimate of drug-likeness (QED) is 0.234. The number of halogens is 1. The van der Waals surface area contributed by atoms with Gasteiger partial charge in [-0.15, -0.1) is 0 Å². The third-order valence-corrected chi connectivity index (χ3v) is 9.46. The first-order chi connectivity index (χ1) is 25.1. The van der Waals surface area contributed by atoms with E-state index in [9.17, 15) is 24.0 Å². The van der Waals surface area contributed by atoms with E-state index >= 15 is 0 Å². The van der Waals surface area contributed by atoms with Gasteiger partial charge in [0.25, 0.3) is 11.8 Å². The van der Waals surface area contributed by atoms with Gasteiger partial charge in [0, 0.05) is 46.7 Å². The topological polar surface area (TPSA) is 162 Å². The molecule has 1 aromatic heterocycles. The van der Waals surface area contributed by atoms with Crippen LogP contribution < -0.4 is 25.4 Å². The van der Waals surface area contributed by atoms with Crippen LogP contribution >= 0.6 is 11.6 Å². The van der Waals surface area contributed by atoms with Crippen LogP contribution in [-0.2, 0) is 14.4 Å². The molecule has 4 aromatic rings. The number of fused-ring (bicyclic) bond motifs is 17. The van der Waals surface area contributed by atoms with Crippen LogP contribution in [0.1, 0.15) is 47.0 Å². The SMILES string of the molecule is COc1cc2ccc1OCCNC(=O)CN(C(=O)c1[nH]c3ccc(Cl)cc3c1-c1ccccc1)CCCNC(=O)[C@H]1CCCN1C(=O)[C@H](C)NC2=O. The summed E-state index contributed by atoms with van der Waals surface area (Å²) in [6.07, 6.45) is 1.46. The van der Waals surface area contributed by atoms with Crippen LogP contribution in [0.3, 0.4) is 0 Å². The molecule has 14 heteroatoms. The van der Waals surface area contributed by atoms with Crippen LogP contribution in [0.5, 0.6) is 11.5 Å². The van der Waals surface area contributed by atoms with E-state index in [1.807, 2.05) is 36.4 Å². The molecule has 2 atom stereocenters. The molecule has 52 heavy (non-hydrogen) atoms. The number of methoxy groups -OCH3 is 1. The molecular weight excluding hydrogens is 688 g/mol. The first kappa shape index (κ1) is 36.2. The zero-order valence-electron chi connectivity index (χ0n) is 29.0. The van der Waals surface area contributed by atoms with Crippen molar-refractivity contribution in [2.45, 2.75) is 38.3 Å². The van der Waals surface area contributed by atoms with E-state index in [0.29, 0.717) is 59.1 Å². The summed E-state index contributed by atoms with van der Waals surface area (Å²) >= 11 is 6.38. The lowest BCUT2D eigenvalue weighted by molar-refractivity contribution is -0.139. The van der Waals surface area contributed by atoms with Crippen molar-refractivity contribution in [1.29, 1.82) is 0 Å². The van der Waals surface area contributed by atoms with Crippen molar-refractivity contribution >= 4 is 52.0 Å². The van der Waals surface area contributed by atoms with E-state index in [1.54, 1.807) is 31.2 Å². The molecule has 3 aromatic carbocycles. The number of carbonyl (C=O) groups excluding carboxylic acids is 5. The minimum atomic E-state index is -0.884. The predicted molar refractivity (Wildman–Crippen MR) is 195 cm³/mol. The van der Waals surface area contributed by atoms with Crippen LogP contribution in [0.25, 0.3) is 22.0 Å². The van der Waals surface area contributed by atoms with Crippen molar-refractivity contribution in [2.24, 2.45) is 0 Å². The molecule has 2 bridgehead atoms. The van der Waals surface area contributed by atoms with Crippen molar-refractivity contribution < 1.29 is 33.4 Å². The lowest BCUT2D eigenvalue weighted by atomic mass is 10.0. The molecule has 4 N–H and O–H groups in total. The van der Waals surface area contributed by atoms with Crippen LogP contribution in [0.2, 0.25) is 5.02 Å². The summed E-state index contributed by atoms with van der Waals surface area (Å²) in [4.78, 5) is 73.7. The number of ether oxygens (including phenoxy) is 2. The van der Waals surface area contributed by atoms with Gasteiger partial charge in [-0.05, 0) is 68.1 Å². The van der Waals surface area contributed by atoms with E-state index in [1.165, 1.54) is 23.0 Å². The van der Waals surface area contributed by atoms with Crippen molar-refractivity contribution in [2.75, 3.05) is 46.4 Å². The maximum Gasteiger partial charge on any atom is 0.271 e. The molecule has 0 spiro atoms. The van der Waals surface area contributed by atoms with E-state index in [0.717, 1.165) is 10.9 Å². The van der Waals surface area contributed by atoms with Crippen LogP contribution in [0.15, 0.2) is 66.7 Å². The number of rotatable bonds is 3. The Morgan fingerprint density at radius 3 is 2.52 bits per heavy atom. The smallest absolute Gasteiger partial charge is 0.271 e. The number of hydrogen-bond acceptors (Lipinski definition) is 7. The second-order valence-corrected chi connectivity index (χ2v) is 13.2. The second kappa shape index (κ2) is 16.2. The Morgan fingerprint density at radius 1 is 0.923 bits per heavy atom. The molecule has 1 fully saturated rings. The van der Waals surface area contributed by atoms with Crippen molar-refractivity contribution in [1.82, 2.24) is 30.7 Å². The summed E-state index contributed by atoms with van der Waals surface area (Å²) in [7, 11) is 1.44. The zero-order chi connectivity index (χ0) is 36.8. The van der Waals surface area contributed by atoms with Gasteiger partial charge in [-0.1, -0.05) is 41.9 Å². The zero-order valence-corrected chi connectivity index (χ0v) is 29.8. The summed E-state index contributed by atoms with van der Waals surface area (Å²) in [5, 5.41) is 9.74. The van der Waals surface area contributed by atoms with E-state index in [2.05, 4.69) is 20.9 Å². The maximum atomic E-state index is 14.4. The average molecular weight is 729 g/mol. The largest absolute Gasteiger partial charge is 0.493 e. The molecule has 0 radical (unpaired) electrons. The Bertz CT molecular complexity index is 1980. The molecular formula is C38H41ClN6O7. The number of H-pyrrole nitrogens is 1. The predicted octanol–water partition coefficient (Wildman–Crippen LogP) is 3.76. The molecule has 3 aliphatic heterocycles. The second-order valence-electron chi connectivity index (χ2n) is 12.8. The summed E-state index contributed by atoms with van der Waals surface area (Å²) < 4.78 is 11.3. The molecule has 272 valence electrons. The molecule has 0 unspecified atom stereocenters. The van der Waals surface area contributed by atoms with Crippen molar-refractivity contribution in [3.63, 3.8) is 0 Å². The van der Waals surface area contributed by atoms with Gasteiger partial charge in [-0.3, -0.25) is 24.0 Å². The van der Waals surface area contributed by atoms with Gasteiger partial charge in [0.1, 0.15) is 24.4 Å². The fourth-order valence-electron chi connectivity index (χ4n) is 6.64. The Labute approximate surface area is 306 Å². The highest BCUT2D eigenvalue weighted by Gasteiger charge is 2.36. The first-order valence-corrected chi connectivity index (χ1v) is 17.6. The summed E-state index contributed by atoms with van der Waals surface area (Å²) in [6.45, 7) is 2.27. The summed E-state index contributed by atoms with van der Waals surface area (Å²) in [5.41, 5.74) is 2.75. The summed E-state index contributed by atoms with van der Waals surface area (Å²) in [5.74, 6) is -1.32. The standard InChI is InChI=1S/C38H41ClN6O7/c1-23-37(49)45-18-6-10-29(45)36(48)41-15-7-17-44(22-32(46)40-16-19-52-30-14-11-25(35(47)42-23)20-31(30)51-2)38(50)34-33(24-8-4-3-5-9-24)27-21-26(39)12-13-28(27)43-34/h3-5,8-9,11-14,20-21,23,29,43H,6-7,10,15-19,22H2,1-2H3,(H,40,46)(H,41,48)(H,42,47)/t23-,29+/m0/s1. The molecule has 13 nitrogen and oxygen atoms in total. The van der Waals surface area contributed by atoms with E-state index < -0.39 is 29.8 Å². The van der Waals surface area contributed by atoms with Gasteiger partial charge in [0.2, 0.25) is 17.7 Å². The number of aromatic nitrogens is 1. The number of hydrogen-bond donors (Lipinski definition) is 4. The van der Waals surface area contributed by atoms with Gasteiger partial charge in [-0.2, -0.15) is 0 Å². The van der Waals surface area contributed by atoms with Crippen LogP contribution in [0.4, 0.5) is 0 Å². The minimum absolute atomic E-state index is 0.0804. The van der Waals surface area contributed by atoms with Crippen LogP contribution in [0, 0.1) is 0 Å². The highest BCUT2D eigenvalue weighted by atomic mass is 35.5. The molecule has 7 rings (SSSR count). The normalized spacial score (nSPS) is 19.5. The third-order valence-electron chi connectivity index (χ3n) is 9.23. The molecule has 5 amide bonds. The first-order valence-electron chi connectivity index (χ1n) is 17.3. The molecule has 0 aliphatic carbocycles. The van der Waals surface area contributed by atoms with Gasteiger partial charge < -0.3 is 40.2 Å². The lowest BCUT2D eigenvalue weighted by Gasteiger charge is -2.27. The molecule has 4 heterocycles. The third kappa shape index (κ3) is 7.99. The number of nitrogens with one attached hydrogen (secondary N) is 4. The summed E-state index contributed by atoms with van der Waals surface area (Å²) in [6, 6.07) is 17.9. The van der Waals surface area contributed by atoms with Gasteiger partial charge in [0.15, 0.2) is 11.5 Å². The fourth-order valence-corrected chi connectivity index (χ4v) is 6.81. The monoisotopic (exact) mass is 728 g/mol. The number of aromatic amines is 1. The Balaban J connectivity index is 1.27. The lowest BCUT2D eigenvalue weighted by Crippen LogP contribution is -2.52. The number of amides is 5. The van der Waals surface area contributed by atoms with E-state index in [4.69, 9.17) is 21.1 Å².